The lowest BCUT2D eigenvalue weighted by atomic mass is 10.0. The van der Waals surface area contributed by atoms with Crippen molar-refractivity contribution in [3.8, 4) is 0 Å². The molecule has 4 rings (SSSR count). The Bertz CT molecular complexity index is 899. The summed E-state index contributed by atoms with van der Waals surface area (Å²) in [5.74, 6) is 0.799. The summed E-state index contributed by atoms with van der Waals surface area (Å²) >= 11 is 0. The number of benzene rings is 1. The molecule has 0 spiro atoms. The van der Waals surface area contributed by atoms with Crippen molar-refractivity contribution in [3.63, 3.8) is 0 Å². The Labute approximate surface area is 143 Å². The van der Waals surface area contributed by atoms with E-state index < -0.39 is 10.0 Å². The number of nitrogens with one attached hydrogen (secondary N) is 1. The Morgan fingerprint density at radius 2 is 2.04 bits per heavy atom. The second kappa shape index (κ2) is 5.81. The fraction of sp³-hybridized carbons (Fsp3) is 0.526. The van der Waals surface area contributed by atoms with E-state index in [9.17, 15) is 8.42 Å². The number of fused-ring (bicyclic) bond motifs is 2. The zero-order chi connectivity index (χ0) is 16.9. The number of aromatic nitrogens is 1. The molecule has 2 aliphatic rings. The molecule has 1 saturated carbocycles. The number of sulfonamides is 1. The minimum Gasteiger partial charge on any atom is -0.260 e. The van der Waals surface area contributed by atoms with E-state index in [4.69, 9.17) is 0 Å². The Balaban J connectivity index is 1.92. The van der Waals surface area contributed by atoms with E-state index in [-0.39, 0.29) is 5.92 Å². The summed E-state index contributed by atoms with van der Waals surface area (Å²) in [6.45, 7) is 4.50. The molecule has 1 heterocycles. The van der Waals surface area contributed by atoms with Gasteiger partial charge in [0.1, 0.15) is 0 Å². The third-order valence-electron chi connectivity index (χ3n) is 5.01. The van der Waals surface area contributed by atoms with E-state index in [1.807, 2.05) is 26.1 Å². The molecule has 1 fully saturated rings. The molecular formula is C19H24N2O2S. The number of hydrogen-bond donors (Lipinski definition) is 1. The standard InChI is InChI=1S/C19H24N2O2S/c1-12(2)10-21-24(22,23)19-16-5-3-4-14(16)8-15-11-20-18(9-17(15)19)13-6-7-13/h8-9,11-13,21H,3-7,10H2,1-2H3. The van der Waals surface area contributed by atoms with Crippen molar-refractivity contribution >= 4 is 20.8 Å². The highest BCUT2D eigenvalue weighted by Crippen LogP contribution is 2.41. The largest absolute Gasteiger partial charge is 0.260 e. The van der Waals surface area contributed by atoms with Gasteiger partial charge < -0.3 is 0 Å². The smallest absolute Gasteiger partial charge is 0.241 e. The first-order valence-corrected chi connectivity index (χ1v) is 10.4. The van der Waals surface area contributed by atoms with Crippen molar-refractivity contribution in [2.45, 2.75) is 56.8 Å². The maximum absolute atomic E-state index is 13.1. The van der Waals surface area contributed by atoms with Gasteiger partial charge in [0.2, 0.25) is 10.0 Å². The van der Waals surface area contributed by atoms with Crippen LogP contribution in [0.2, 0.25) is 0 Å². The van der Waals surface area contributed by atoms with Gasteiger partial charge >= 0.3 is 0 Å². The molecule has 0 saturated heterocycles. The summed E-state index contributed by atoms with van der Waals surface area (Å²) < 4.78 is 29.0. The summed E-state index contributed by atoms with van der Waals surface area (Å²) in [7, 11) is -3.51. The van der Waals surface area contributed by atoms with Crippen molar-refractivity contribution in [1.82, 2.24) is 9.71 Å². The number of pyridine rings is 1. The van der Waals surface area contributed by atoms with Crippen LogP contribution in [0.15, 0.2) is 23.2 Å². The Kier molecular flexibility index (Phi) is 3.88. The summed E-state index contributed by atoms with van der Waals surface area (Å²) in [6, 6.07) is 4.17. The maximum atomic E-state index is 13.1. The highest BCUT2D eigenvalue weighted by Gasteiger charge is 2.29. The van der Waals surface area contributed by atoms with Crippen LogP contribution >= 0.6 is 0 Å². The van der Waals surface area contributed by atoms with Crippen LogP contribution in [-0.4, -0.2) is 19.9 Å². The summed E-state index contributed by atoms with van der Waals surface area (Å²) in [5.41, 5.74) is 3.24. The Morgan fingerprint density at radius 1 is 1.25 bits per heavy atom. The lowest BCUT2D eigenvalue weighted by molar-refractivity contribution is 0.560. The summed E-state index contributed by atoms with van der Waals surface area (Å²) in [6.07, 6.45) is 7.03. The highest BCUT2D eigenvalue weighted by molar-refractivity contribution is 7.89. The molecule has 0 aliphatic heterocycles. The molecule has 5 heteroatoms. The molecule has 0 bridgehead atoms. The van der Waals surface area contributed by atoms with Crippen molar-refractivity contribution in [2.75, 3.05) is 6.54 Å². The average Bonchev–Trinajstić information content (AvgIpc) is 3.29. The first kappa shape index (κ1) is 16.0. The predicted octanol–water partition coefficient (Wildman–Crippen LogP) is 3.54. The van der Waals surface area contributed by atoms with Gasteiger partial charge in [-0.15, -0.1) is 0 Å². The minimum absolute atomic E-state index is 0.284. The molecule has 1 N–H and O–H groups in total. The van der Waals surface area contributed by atoms with Crippen LogP contribution in [0.3, 0.4) is 0 Å². The number of aryl methyl sites for hydroxylation is 1. The van der Waals surface area contributed by atoms with Crippen LogP contribution < -0.4 is 4.72 Å². The molecule has 4 nitrogen and oxygen atoms in total. The Hall–Kier alpha value is -1.46. The minimum atomic E-state index is -3.51. The molecule has 2 aromatic rings. The third-order valence-corrected chi connectivity index (χ3v) is 6.56. The van der Waals surface area contributed by atoms with Crippen molar-refractivity contribution < 1.29 is 8.42 Å². The van der Waals surface area contributed by atoms with Gasteiger partial charge in [0.05, 0.1) is 4.90 Å². The molecule has 128 valence electrons. The van der Waals surface area contributed by atoms with Gasteiger partial charge in [-0.1, -0.05) is 13.8 Å². The van der Waals surface area contributed by atoms with E-state index >= 15 is 0 Å². The molecule has 0 radical (unpaired) electrons. The molecule has 1 aromatic heterocycles. The van der Waals surface area contributed by atoms with E-state index in [0.29, 0.717) is 17.4 Å². The highest BCUT2D eigenvalue weighted by atomic mass is 32.2. The first-order valence-electron chi connectivity index (χ1n) is 8.90. The molecule has 2 aliphatic carbocycles. The lowest BCUT2D eigenvalue weighted by Crippen LogP contribution is -2.28. The maximum Gasteiger partial charge on any atom is 0.241 e. The van der Waals surface area contributed by atoms with Gasteiger partial charge in [0.15, 0.2) is 0 Å². The van der Waals surface area contributed by atoms with Gasteiger partial charge in [-0.3, -0.25) is 4.98 Å². The quantitative estimate of drug-likeness (QED) is 0.902. The van der Waals surface area contributed by atoms with Crippen LogP contribution in [0.1, 0.15) is 55.8 Å². The van der Waals surface area contributed by atoms with Gasteiger partial charge in [-0.25, -0.2) is 13.1 Å². The van der Waals surface area contributed by atoms with Crippen LogP contribution in [-0.2, 0) is 22.9 Å². The van der Waals surface area contributed by atoms with Gasteiger partial charge in [0.25, 0.3) is 0 Å². The van der Waals surface area contributed by atoms with Crippen LogP contribution in [0.4, 0.5) is 0 Å². The monoisotopic (exact) mass is 344 g/mol. The van der Waals surface area contributed by atoms with E-state index in [2.05, 4.69) is 15.8 Å². The van der Waals surface area contributed by atoms with Crippen molar-refractivity contribution in [3.05, 3.63) is 35.2 Å². The number of hydrogen-bond acceptors (Lipinski definition) is 3. The van der Waals surface area contributed by atoms with E-state index in [1.165, 1.54) is 5.56 Å². The Morgan fingerprint density at radius 3 is 2.75 bits per heavy atom. The van der Waals surface area contributed by atoms with Crippen LogP contribution in [0, 0.1) is 5.92 Å². The van der Waals surface area contributed by atoms with Crippen molar-refractivity contribution in [1.29, 1.82) is 0 Å². The molecule has 0 atom stereocenters. The number of rotatable bonds is 5. The molecule has 1 aromatic carbocycles. The zero-order valence-electron chi connectivity index (χ0n) is 14.3. The van der Waals surface area contributed by atoms with Crippen LogP contribution in [0.25, 0.3) is 10.8 Å². The average molecular weight is 344 g/mol. The summed E-state index contributed by atoms with van der Waals surface area (Å²) in [4.78, 5) is 5.09. The normalized spacial score (nSPS) is 17.6. The SMILES string of the molecule is CC(C)CNS(=O)(=O)c1c2c(cc3cnc(C4CC4)cc13)CCC2. The second-order valence-electron chi connectivity index (χ2n) is 7.55. The van der Waals surface area contributed by atoms with E-state index in [0.717, 1.165) is 54.1 Å². The van der Waals surface area contributed by atoms with E-state index in [1.54, 1.807) is 0 Å². The zero-order valence-corrected chi connectivity index (χ0v) is 15.1. The molecule has 24 heavy (non-hydrogen) atoms. The fourth-order valence-corrected chi connectivity index (χ4v) is 5.31. The predicted molar refractivity (Wildman–Crippen MR) is 95.8 cm³/mol. The molecule has 0 unspecified atom stereocenters. The van der Waals surface area contributed by atoms with Crippen molar-refractivity contribution in [2.24, 2.45) is 5.92 Å². The van der Waals surface area contributed by atoms with Crippen LogP contribution in [0.5, 0.6) is 0 Å². The topological polar surface area (TPSA) is 59.1 Å². The van der Waals surface area contributed by atoms with Gasteiger partial charge in [-0.05, 0) is 61.3 Å². The van der Waals surface area contributed by atoms with Gasteiger partial charge in [0, 0.05) is 35.1 Å². The summed E-state index contributed by atoms with van der Waals surface area (Å²) in [5, 5.41) is 1.80. The second-order valence-corrected chi connectivity index (χ2v) is 9.25. The van der Waals surface area contributed by atoms with Gasteiger partial charge in [-0.2, -0.15) is 0 Å². The molecular weight excluding hydrogens is 320 g/mol. The lowest BCUT2D eigenvalue weighted by Gasteiger charge is -2.16. The molecule has 0 amide bonds. The fourth-order valence-electron chi connectivity index (χ4n) is 3.59. The third kappa shape index (κ3) is 2.84. The first-order chi connectivity index (χ1) is 11.5. The number of nitrogens with zero attached hydrogens (tertiary/aromatic N) is 1.